The number of halogens is 6. The topological polar surface area (TPSA) is 326 Å². The number of urea groups is 2. The van der Waals surface area contributed by atoms with Crippen LogP contribution in [0.15, 0.2) is 134 Å². The zero-order chi connectivity index (χ0) is 85.3. The molecule has 6 aromatic rings. The van der Waals surface area contributed by atoms with Gasteiger partial charge in [0.15, 0.2) is 0 Å². The zero-order valence-electron chi connectivity index (χ0n) is 67.6. The number of alkyl halides is 2. The highest BCUT2D eigenvalue weighted by Gasteiger charge is 2.45. The third kappa shape index (κ3) is 26.1. The molecule has 12 rings (SSSR count). The number of imidazole rings is 2. The quantitative estimate of drug-likeness (QED) is 0.0111. The number of carbonyl (C=O) groups is 8. The molecule has 0 saturated carbocycles. The van der Waals surface area contributed by atoms with E-state index in [1.54, 1.807) is 51.9 Å². The van der Waals surface area contributed by atoms with Gasteiger partial charge in [-0.2, -0.15) is 0 Å². The average molecular weight is 1660 g/mol. The van der Waals surface area contributed by atoms with Crippen molar-refractivity contribution in [3.8, 4) is 22.5 Å². The Bertz CT molecular complexity index is 4410. The van der Waals surface area contributed by atoms with Crippen LogP contribution in [0.3, 0.4) is 0 Å². The Morgan fingerprint density at radius 1 is 0.613 bits per heavy atom. The molecule has 0 aliphatic carbocycles. The predicted molar refractivity (Wildman–Crippen MR) is 425 cm³/mol. The molecule has 6 aliphatic rings. The number of hydrogen-bond acceptors (Lipinski definition) is 19. The lowest BCUT2D eigenvalue weighted by Crippen LogP contribution is -2.51. The third-order valence-electron chi connectivity index (χ3n) is 20.9. The predicted octanol–water partition coefficient (Wildman–Crippen LogP) is 9.40. The standard InChI is InChI=1S/C41H49F3N6O7.C36H46F3N5O5.C8H12N2O3/c1-27(26-57-38(53)8-5-16-55-19-15-49-36(51)11-12-37(49)52)46-41(54)50(24-30-21-45-22-34(30)44)39(29-13-17-56-18-14-29)40-47-35(32-20-31(42)9-10-33(32)43)25-48(40)23-28-6-3-2-4-7-28;1-23(22-45)40-34(46)44(19-26-18-43(20-30(26)39)35(47)49-36(2,3)4)32(25-12-14-48-15-13-25)33-41-31(28-16-27(37)10-11-29(28)38)21-42(33)17-24-8-6-5-7-9-24;9-3-5-13-6-4-10-7(11)1-2-8(10)12/h2-4,6-7,9-12,20,25,27,29-30,34,39,45H,5,8,13-19,21-24,26H2,1H3,(H,46,54);5-11,16,21,23,25-26,30,32,45H,12-15,17-20,22H2,1-4H3,(H,40,46);1-2H,3-6,9H2/t27-,30-,34-,39+;23-,26-,30-,32+;/m00./s1. The molecule has 4 aromatic carbocycles. The van der Waals surface area contributed by atoms with E-state index >= 15 is 17.6 Å². The van der Waals surface area contributed by atoms with E-state index in [9.17, 15) is 52.2 Å². The highest BCUT2D eigenvalue weighted by molar-refractivity contribution is 6.13. The summed E-state index contributed by atoms with van der Waals surface area (Å²) in [6.07, 6.45) is 7.58. The number of amides is 9. The molecule has 4 saturated heterocycles. The number of esters is 1. The van der Waals surface area contributed by atoms with Crippen molar-refractivity contribution >= 4 is 47.8 Å². The number of imide groups is 2. The fourth-order valence-corrected chi connectivity index (χ4v) is 14.8. The zero-order valence-corrected chi connectivity index (χ0v) is 67.6. The highest BCUT2D eigenvalue weighted by Crippen LogP contribution is 2.41. The molecule has 34 heteroatoms. The van der Waals surface area contributed by atoms with Crippen LogP contribution in [0.25, 0.3) is 22.5 Å². The van der Waals surface area contributed by atoms with Crippen LogP contribution in [0.2, 0.25) is 0 Å². The van der Waals surface area contributed by atoms with Crippen LogP contribution in [-0.4, -0.2) is 251 Å². The summed E-state index contributed by atoms with van der Waals surface area (Å²) in [5.74, 6) is -5.19. The van der Waals surface area contributed by atoms with Gasteiger partial charge < -0.3 is 79.0 Å². The Morgan fingerprint density at radius 3 is 1.52 bits per heavy atom. The maximum Gasteiger partial charge on any atom is 0.410 e. The summed E-state index contributed by atoms with van der Waals surface area (Å²) < 4.78 is 127. The van der Waals surface area contributed by atoms with Gasteiger partial charge in [-0.05, 0) is 126 Å². The normalized spacial score (nSPS) is 19.3. The van der Waals surface area contributed by atoms with E-state index in [0.717, 1.165) is 57.3 Å². The summed E-state index contributed by atoms with van der Waals surface area (Å²) in [5, 5.41) is 18.7. The monoisotopic (exact) mass is 1660 g/mol. The first kappa shape index (κ1) is 91.0. The number of ether oxygens (including phenoxy) is 6. The highest BCUT2D eigenvalue weighted by atomic mass is 19.2. The van der Waals surface area contributed by atoms with Crippen molar-refractivity contribution in [1.29, 1.82) is 0 Å². The minimum Gasteiger partial charge on any atom is -0.463 e. The first-order valence-electron chi connectivity index (χ1n) is 40.2. The minimum absolute atomic E-state index is 0.0219. The van der Waals surface area contributed by atoms with Crippen LogP contribution in [-0.2, 0) is 65.5 Å². The molecule has 6 aliphatic heterocycles. The summed E-state index contributed by atoms with van der Waals surface area (Å²) in [4.78, 5) is 116. The van der Waals surface area contributed by atoms with Crippen LogP contribution >= 0.6 is 0 Å². The number of benzene rings is 4. The summed E-state index contributed by atoms with van der Waals surface area (Å²) in [6, 6.07) is 21.7. The fraction of sp³-hybridized carbons (Fsp3) is 0.506. The van der Waals surface area contributed by atoms with Gasteiger partial charge in [0.25, 0.3) is 23.6 Å². The maximum absolute atomic E-state index is 15.8. The van der Waals surface area contributed by atoms with Crippen molar-refractivity contribution in [3.63, 3.8) is 0 Å². The van der Waals surface area contributed by atoms with E-state index in [-0.39, 0.29) is 118 Å². The van der Waals surface area contributed by atoms with E-state index in [1.165, 1.54) is 34.1 Å². The molecular weight excluding hydrogens is 1560 g/mol. The lowest BCUT2D eigenvalue weighted by Gasteiger charge is -2.40. The molecule has 9 amide bonds. The number of nitrogens with zero attached hydrogens (tertiary/aromatic N) is 9. The SMILES string of the molecule is C[C@@H](CO)NC(=O)N(C[C@@H]1CN(C(=O)OC(C)(C)C)C[C@@H]1F)[C@@H](c1nc(-c2cc(F)ccc2F)cn1Cc1ccccc1)C1CCOCC1.C[C@@H](COC(=O)CCCOCCN1C(=O)C=CC1=O)NC(=O)N(C[C@@H]1CNC[C@@H]1F)[C@@H](c1nc(-c2cc(F)ccc2F)cn1Cc1ccccc1)C1CCOCC1.NCCOCCN1C(=O)C=CC1=O. The molecule has 0 unspecified atom stereocenters. The van der Waals surface area contributed by atoms with Crippen LogP contribution in [0.5, 0.6) is 0 Å². The van der Waals surface area contributed by atoms with Gasteiger partial charge in [-0.3, -0.25) is 33.8 Å². The molecule has 119 heavy (non-hydrogen) atoms. The van der Waals surface area contributed by atoms with Crippen LogP contribution in [0.4, 0.5) is 40.7 Å². The molecule has 8 atom stereocenters. The van der Waals surface area contributed by atoms with Crippen molar-refractivity contribution < 1.29 is 98.2 Å². The fourth-order valence-electron chi connectivity index (χ4n) is 14.8. The molecule has 8 heterocycles. The van der Waals surface area contributed by atoms with Crippen LogP contribution < -0.4 is 21.7 Å². The summed E-state index contributed by atoms with van der Waals surface area (Å²) in [6.45, 7) is 12.7. The molecule has 6 N–H and O–H groups in total. The Hall–Kier alpha value is -10.4. The average Bonchev–Trinajstić information content (AvgIpc) is 1.63. The second-order valence-electron chi connectivity index (χ2n) is 31.1. The molecule has 2 aromatic heterocycles. The van der Waals surface area contributed by atoms with Gasteiger partial charge in [-0.25, -0.2) is 50.7 Å². The number of rotatable bonds is 33. The van der Waals surface area contributed by atoms with Crippen LogP contribution in [0, 0.1) is 46.9 Å². The second-order valence-corrected chi connectivity index (χ2v) is 31.1. The number of nitrogens with two attached hydrogens (primary N) is 1. The third-order valence-corrected chi connectivity index (χ3v) is 20.9. The molecule has 644 valence electrons. The number of carbonyl (C=O) groups excluding carboxylic acids is 8. The second kappa shape index (κ2) is 44.1. The Balaban J connectivity index is 0.000000219. The molecule has 0 spiro atoms. The number of aliphatic hydroxyl groups is 1. The number of hydrogen-bond donors (Lipinski definition) is 5. The Morgan fingerprint density at radius 2 is 1.08 bits per heavy atom. The van der Waals surface area contributed by atoms with Crippen molar-refractivity contribution in [2.45, 2.75) is 128 Å². The lowest BCUT2D eigenvalue weighted by atomic mass is 9.89. The largest absolute Gasteiger partial charge is 0.463 e. The van der Waals surface area contributed by atoms with Crippen molar-refractivity contribution in [3.05, 3.63) is 180 Å². The van der Waals surface area contributed by atoms with Gasteiger partial charge in [0.05, 0.1) is 81.6 Å². The van der Waals surface area contributed by atoms with Gasteiger partial charge in [-0.1, -0.05) is 60.7 Å². The number of aliphatic hydroxyl groups excluding tert-OH is 1. The number of nitrogens with one attached hydrogen (secondary N) is 3. The molecular formula is C85H107F6N13O15. The van der Waals surface area contributed by atoms with Gasteiger partial charge in [0.2, 0.25) is 0 Å². The maximum atomic E-state index is 15.8. The van der Waals surface area contributed by atoms with E-state index < -0.39 is 113 Å². The van der Waals surface area contributed by atoms with Gasteiger partial charge in [0, 0.05) is 151 Å². The van der Waals surface area contributed by atoms with Gasteiger partial charge in [-0.15, -0.1) is 0 Å². The van der Waals surface area contributed by atoms with Crippen molar-refractivity contribution in [2.24, 2.45) is 29.4 Å². The molecule has 28 nitrogen and oxygen atoms in total. The van der Waals surface area contributed by atoms with Gasteiger partial charge >= 0.3 is 24.1 Å². The van der Waals surface area contributed by atoms with E-state index in [2.05, 4.69) is 16.0 Å². The summed E-state index contributed by atoms with van der Waals surface area (Å²) >= 11 is 0. The van der Waals surface area contributed by atoms with Crippen molar-refractivity contribution in [1.82, 2.24) is 59.6 Å². The molecule has 0 radical (unpaired) electrons. The van der Waals surface area contributed by atoms with E-state index in [1.807, 2.05) is 69.8 Å². The Kier molecular flexibility index (Phi) is 33.7. The van der Waals surface area contributed by atoms with Crippen LogP contribution in [0.1, 0.15) is 108 Å². The smallest absolute Gasteiger partial charge is 0.410 e. The van der Waals surface area contributed by atoms with Crippen molar-refractivity contribution in [2.75, 3.05) is 125 Å². The van der Waals surface area contributed by atoms with Gasteiger partial charge in [0.1, 0.15) is 59.5 Å². The van der Waals surface area contributed by atoms with E-state index in [0.29, 0.717) is 116 Å². The first-order chi connectivity index (χ1) is 57.1. The number of likely N-dealkylation sites (tertiary alicyclic amines) is 1. The summed E-state index contributed by atoms with van der Waals surface area (Å²) in [5.41, 5.74) is 6.58. The number of aromatic nitrogens is 4. The Labute approximate surface area is 687 Å². The minimum atomic E-state index is -1.45. The van der Waals surface area contributed by atoms with E-state index in [4.69, 9.17) is 44.1 Å². The lowest BCUT2D eigenvalue weighted by molar-refractivity contribution is -0.144. The molecule has 4 fully saturated rings. The first-order valence-corrected chi connectivity index (χ1v) is 40.2. The molecule has 0 bridgehead atoms. The summed E-state index contributed by atoms with van der Waals surface area (Å²) in [7, 11) is 0.